The van der Waals surface area contributed by atoms with E-state index in [-0.39, 0.29) is 17.0 Å². The van der Waals surface area contributed by atoms with Gasteiger partial charge in [-0.1, -0.05) is 48.5 Å². The Kier molecular flexibility index (Phi) is 5.44. The number of hydrogen-bond donors (Lipinski definition) is 1. The van der Waals surface area contributed by atoms with E-state index in [9.17, 15) is 22.8 Å². The fourth-order valence-electron chi connectivity index (χ4n) is 3.46. The second-order valence-corrected chi connectivity index (χ2v) is 6.94. The van der Waals surface area contributed by atoms with Gasteiger partial charge in [0.05, 0.1) is 29.6 Å². The molecule has 8 heteroatoms. The van der Waals surface area contributed by atoms with Crippen LogP contribution in [-0.4, -0.2) is 18.9 Å². The number of alkyl halides is 3. The molecule has 2 amide bonds. The van der Waals surface area contributed by atoms with Gasteiger partial charge >= 0.3 is 6.18 Å². The molecule has 0 saturated carbocycles. The normalized spacial score (nSPS) is 14.2. The molecule has 0 aromatic heterocycles. The van der Waals surface area contributed by atoms with Gasteiger partial charge < -0.3 is 10.1 Å². The molecule has 0 unspecified atom stereocenters. The number of methoxy groups -OCH3 is 1. The third-order valence-corrected chi connectivity index (χ3v) is 4.94. The molecule has 3 aromatic rings. The number of hydrogen-bond acceptors (Lipinski definition) is 4. The van der Waals surface area contributed by atoms with Crippen molar-refractivity contribution in [3.05, 3.63) is 95.7 Å². The van der Waals surface area contributed by atoms with Gasteiger partial charge in [-0.3, -0.25) is 9.59 Å². The number of nitrogens with zero attached hydrogens (tertiary/aromatic N) is 1. The summed E-state index contributed by atoms with van der Waals surface area (Å²) in [5.74, 6) is -1.05. The summed E-state index contributed by atoms with van der Waals surface area (Å²) in [5.41, 5.74) is -0.228. The molecular formula is C24H17F3N2O3. The van der Waals surface area contributed by atoms with Crippen LogP contribution < -0.4 is 15.0 Å². The Labute approximate surface area is 181 Å². The summed E-state index contributed by atoms with van der Waals surface area (Å²) in [4.78, 5) is 27.4. The number of carbonyl (C=O) groups excluding carboxylic acids is 2. The van der Waals surface area contributed by atoms with Crippen LogP contribution in [0.1, 0.15) is 11.1 Å². The number of benzene rings is 3. The summed E-state index contributed by atoms with van der Waals surface area (Å²) in [5, 5.41) is 2.95. The maximum Gasteiger partial charge on any atom is 0.416 e. The number of anilines is 2. The van der Waals surface area contributed by atoms with Crippen molar-refractivity contribution >= 4 is 28.8 Å². The SMILES string of the molecule is COc1ccccc1NC1=C(c2ccccc2)C(=O)N(c2cccc(C(F)(F)F)c2)C1=O. The fraction of sp³-hybridized carbons (Fsp3) is 0.0833. The van der Waals surface area contributed by atoms with Crippen molar-refractivity contribution in [2.75, 3.05) is 17.3 Å². The number of ether oxygens (including phenoxy) is 1. The highest BCUT2D eigenvalue weighted by molar-refractivity contribution is 6.46. The molecule has 3 aromatic carbocycles. The first-order valence-electron chi connectivity index (χ1n) is 9.57. The molecule has 0 aliphatic carbocycles. The maximum atomic E-state index is 13.3. The minimum Gasteiger partial charge on any atom is -0.495 e. The fourth-order valence-corrected chi connectivity index (χ4v) is 3.46. The van der Waals surface area contributed by atoms with Crippen LogP contribution in [0, 0.1) is 0 Å². The van der Waals surface area contributed by atoms with Gasteiger partial charge in [-0.15, -0.1) is 0 Å². The molecule has 5 nitrogen and oxygen atoms in total. The Morgan fingerprint density at radius 2 is 1.53 bits per heavy atom. The molecule has 0 saturated heterocycles. The highest BCUT2D eigenvalue weighted by Gasteiger charge is 2.41. The second-order valence-electron chi connectivity index (χ2n) is 6.94. The molecule has 162 valence electrons. The molecule has 1 N–H and O–H groups in total. The summed E-state index contributed by atoms with van der Waals surface area (Å²) in [6.45, 7) is 0. The first kappa shape index (κ1) is 21.2. The molecule has 1 aliphatic heterocycles. The minimum atomic E-state index is -4.62. The number of para-hydroxylation sites is 2. The lowest BCUT2D eigenvalue weighted by molar-refractivity contribution is -0.137. The smallest absolute Gasteiger partial charge is 0.416 e. The minimum absolute atomic E-state index is 0.0527. The van der Waals surface area contributed by atoms with Crippen LogP contribution in [0.2, 0.25) is 0 Å². The molecule has 1 aliphatic rings. The number of carbonyl (C=O) groups is 2. The topological polar surface area (TPSA) is 58.6 Å². The van der Waals surface area contributed by atoms with Gasteiger partial charge in [0.15, 0.2) is 0 Å². The Balaban J connectivity index is 1.83. The van der Waals surface area contributed by atoms with E-state index in [2.05, 4.69) is 5.32 Å². The van der Waals surface area contributed by atoms with Crippen LogP contribution in [0.4, 0.5) is 24.5 Å². The van der Waals surface area contributed by atoms with Gasteiger partial charge in [0.25, 0.3) is 11.8 Å². The van der Waals surface area contributed by atoms with Crippen molar-refractivity contribution in [1.82, 2.24) is 0 Å². The quantitative estimate of drug-likeness (QED) is 0.563. The monoisotopic (exact) mass is 438 g/mol. The summed E-state index contributed by atoms with van der Waals surface area (Å²) >= 11 is 0. The van der Waals surface area contributed by atoms with E-state index in [0.717, 1.165) is 23.1 Å². The molecule has 32 heavy (non-hydrogen) atoms. The number of amides is 2. The third kappa shape index (κ3) is 3.82. The highest BCUT2D eigenvalue weighted by atomic mass is 19.4. The van der Waals surface area contributed by atoms with Crippen LogP contribution >= 0.6 is 0 Å². The lowest BCUT2D eigenvalue weighted by Gasteiger charge is -2.17. The molecule has 1 heterocycles. The number of imide groups is 1. The average Bonchev–Trinajstić information content (AvgIpc) is 3.03. The number of nitrogens with one attached hydrogen (secondary N) is 1. The molecule has 0 radical (unpaired) electrons. The zero-order chi connectivity index (χ0) is 22.9. The first-order chi connectivity index (χ1) is 15.3. The van der Waals surface area contributed by atoms with Crippen molar-refractivity contribution in [3.8, 4) is 5.75 Å². The Morgan fingerprint density at radius 3 is 2.22 bits per heavy atom. The Morgan fingerprint density at radius 1 is 0.844 bits per heavy atom. The van der Waals surface area contributed by atoms with Crippen LogP contribution in [0.3, 0.4) is 0 Å². The van der Waals surface area contributed by atoms with Crippen molar-refractivity contribution in [2.45, 2.75) is 6.18 Å². The largest absolute Gasteiger partial charge is 0.495 e. The van der Waals surface area contributed by atoms with Gasteiger partial charge in [0, 0.05) is 0 Å². The Hall–Kier alpha value is -4.07. The van der Waals surface area contributed by atoms with Crippen LogP contribution in [0.5, 0.6) is 5.75 Å². The molecule has 0 atom stereocenters. The predicted molar refractivity (Wildman–Crippen MR) is 114 cm³/mol. The van der Waals surface area contributed by atoms with Crippen molar-refractivity contribution < 1.29 is 27.5 Å². The zero-order valence-corrected chi connectivity index (χ0v) is 16.8. The summed E-state index contributed by atoms with van der Waals surface area (Å²) < 4.78 is 44.9. The lowest BCUT2D eigenvalue weighted by Crippen LogP contribution is -2.32. The standard InChI is InChI=1S/C24H17F3N2O3/c1-32-19-13-6-5-12-18(19)28-21-20(15-8-3-2-4-9-15)22(30)29(23(21)31)17-11-7-10-16(14-17)24(25,26)27/h2-14,28H,1H3. The first-order valence-corrected chi connectivity index (χ1v) is 9.57. The molecular weight excluding hydrogens is 421 g/mol. The molecule has 0 bridgehead atoms. The predicted octanol–water partition coefficient (Wildman–Crippen LogP) is 5.11. The summed E-state index contributed by atoms with van der Waals surface area (Å²) in [6.07, 6.45) is -4.62. The van der Waals surface area contributed by atoms with Gasteiger partial charge in [0.2, 0.25) is 0 Å². The highest BCUT2D eigenvalue weighted by Crippen LogP contribution is 2.37. The molecule has 4 rings (SSSR count). The second kappa shape index (κ2) is 8.22. The van der Waals surface area contributed by atoms with E-state index >= 15 is 0 Å². The third-order valence-electron chi connectivity index (χ3n) is 4.94. The van der Waals surface area contributed by atoms with E-state index in [0.29, 0.717) is 17.0 Å². The van der Waals surface area contributed by atoms with E-state index in [4.69, 9.17) is 4.74 Å². The number of halogens is 3. The number of rotatable bonds is 5. The summed E-state index contributed by atoms with van der Waals surface area (Å²) in [7, 11) is 1.46. The van der Waals surface area contributed by atoms with Crippen LogP contribution in [0.25, 0.3) is 5.57 Å². The van der Waals surface area contributed by atoms with E-state index < -0.39 is 23.6 Å². The average molecular weight is 438 g/mol. The van der Waals surface area contributed by atoms with Gasteiger partial charge in [-0.25, -0.2) is 4.90 Å². The lowest BCUT2D eigenvalue weighted by atomic mass is 10.0. The van der Waals surface area contributed by atoms with Gasteiger partial charge in [-0.2, -0.15) is 13.2 Å². The van der Waals surface area contributed by atoms with E-state index in [1.54, 1.807) is 54.6 Å². The van der Waals surface area contributed by atoms with Crippen molar-refractivity contribution in [1.29, 1.82) is 0 Å². The van der Waals surface area contributed by atoms with E-state index in [1.807, 2.05) is 0 Å². The van der Waals surface area contributed by atoms with Gasteiger partial charge in [-0.05, 0) is 35.9 Å². The molecule has 0 fully saturated rings. The molecule has 0 spiro atoms. The van der Waals surface area contributed by atoms with Crippen LogP contribution in [0.15, 0.2) is 84.6 Å². The summed E-state index contributed by atoms with van der Waals surface area (Å²) in [6, 6.07) is 19.4. The van der Waals surface area contributed by atoms with Gasteiger partial charge in [0.1, 0.15) is 11.4 Å². The zero-order valence-electron chi connectivity index (χ0n) is 16.8. The van der Waals surface area contributed by atoms with E-state index in [1.165, 1.54) is 13.2 Å². The van der Waals surface area contributed by atoms with Crippen molar-refractivity contribution in [3.63, 3.8) is 0 Å². The van der Waals surface area contributed by atoms with Crippen molar-refractivity contribution in [2.24, 2.45) is 0 Å². The maximum absolute atomic E-state index is 13.3. The Bertz CT molecular complexity index is 1220. The van der Waals surface area contributed by atoms with Crippen LogP contribution in [-0.2, 0) is 15.8 Å².